The SMILES string of the molecule is CCCS(=O)(=O)N1CCC(NC(=NC)NC2C3CCOC3C23CCC3)CC1.I. The molecular formula is C19H35IN4O3S. The second-order valence-electron chi connectivity index (χ2n) is 8.66. The lowest BCUT2D eigenvalue weighted by atomic mass is 9.46. The van der Waals surface area contributed by atoms with Gasteiger partial charge in [0.05, 0.1) is 11.9 Å². The van der Waals surface area contributed by atoms with Gasteiger partial charge in [-0.3, -0.25) is 4.99 Å². The van der Waals surface area contributed by atoms with Gasteiger partial charge in [-0.1, -0.05) is 13.3 Å². The molecule has 0 aromatic rings. The van der Waals surface area contributed by atoms with Gasteiger partial charge in [-0.15, -0.1) is 24.0 Å². The number of guanidine groups is 1. The molecule has 2 aliphatic heterocycles. The molecule has 0 amide bonds. The molecule has 3 unspecified atom stereocenters. The monoisotopic (exact) mass is 526 g/mol. The summed E-state index contributed by atoms with van der Waals surface area (Å²) in [5.74, 6) is 1.74. The van der Waals surface area contributed by atoms with Crippen molar-refractivity contribution in [3.8, 4) is 0 Å². The van der Waals surface area contributed by atoms with E-state index in [1.165, 1.54) is 19.3 Å². The average Bonchev–Trinajstić information content (AvgIpc) is 3.02. The second-order valence-corrected chi connectivity index (χ2v) is 10.7. The van der Waals surface area contributed by atoms with Crippen molar-refractivity contribution >= 4 is 40.0 Å². The maximum absolute atomic E-state index is 12.2. The van der Waals surface area contributed by atoms with E-state index < -0.39 is 10.0 Å². The Morgan fingerprint density at radius 1 is 1.21 bits per heavy atom. The molecule has 4 rings (SSSR count). The minimum absolute atomic E-state index is 0. The van der Waals surface area contributed by atoms with Crippen LogP contribution in [0.15, 0.2) is 4.99 Å². The fourth-order valence-electron chi connectivity index (χ4n) is 5.63. The summed E-state index contributed by atoms with van der Waals surface area (Å²) in [5, 5.41) is 7.25. The van der Waals surface area contributed by atoms with Crippen LogP contribution < -0.4 is 10.6 Å². The van der Waals surface area contributed by atoms with E-state index in [4.69, 9.17) is 4.74 Å². The third kappa shape index (κ3) is 3.92. The van der Waals surface area contributed by atoms with E-state index in [2.05, 4.69) is 15.6 Å². The van der Waals surface area contributed by atoms with Gasteiger partial charge in [0.15, 0.2) is 5.96 Å². The summed E-state index contributed by atoms with van der Waals surface area (Å²) in [5.41, 5.74) is 0.330. The van der Waals surface area contributed by atoms with Crippen LogP contribution >= 0.6 is 24.0 Å². The van der Waals surface area contributed by atoms with Crippen molar-refractivity contribution in [3.05, 3.63) is 0 Å². The Labute approximate surface area is 186 Å². The smallest absolute Gasteiger partial charge is 0.214 e. The number of nitrogens with zero attached hydrogens (tertiary/aromatic N) is 2. The Morgan fingerprint density at radius 2 is 1.93 bits per heavy atom. The largest absolute Gasteiger partial charge is 0.377 e. The maximum Gasteiger partial charge on any atom is 0.214 e. The zero-order chi connectivity index (χ0) is 19.1. The van der Waals surface area contributed by atoms with Gasteiger partial charge >= 0.3 is 0 Å². The molecule has 3 atom stereocenters. The molecule has 4 fully saturated rings. The first kappa shape index (κ1) is 22.6. The molecule has 0 aromatic carbocycles. The summed E-state index contributed by atoms with van der Waals surface area (Å²) in [6.45, 7) is 4.01. The van der Waals surface area contributed by atoms with Crippen molar-refractivity contribution in [2.24, 2.45) is 16.3 Å². The first-order valence-electron chi connectivity index (χ1n) is 10.6. The highest BCUT2D eigenvalue weighted by Crippen LogP contribution is 2.62. The zero-order valence-corrected chi connectivity index (χ0v) is 20.2. The first-order valence-corrected chi connectivity index (χ1v) is 12.2. The van der Waals surface area contributed by atoms with Gasteiger partial charge in [0, 0.05) is 50.2 Å². The number of hydrogen-bond donors (Lipinski definition) is 2. The van der Waals surface area contributed by atoms with E-state index >= 15 is 0 Å². The van der Waals surface area contributed by atoms with Gasteiger partial charge in [-0.2, -0.15) is 0 Å². The highest BCUT2D eigenvalue weighted by molar-refractivity contribution is 14.0. The topological polar surface area (TPSA) is 83.0 Å². The minimum atomic E-state index is -3.08. The summed E-state index contributed by atoms with van der Waals surface area (Å²) in [7, 11) is -1.26. The van der Waals surface area contributed by atoms with Gasteiger partial charge in [0.25, 0.3) is 0 Å². The molecule has 2 saturated heterocycles. The summed E-state index contributed by atoms with van der Waals surface area (Å²) in [4.78, 5) is 4.46. The van der Waals surface area contributed by atoms with Gasteiger partial charge in [-0.25, -0.2) is 12.7 Å². The van der Waals surface area contributed by atoms with Crippen molar-refractivity contribution < 1.29 is 13.2 Å². The van der Waals surface area contributed by atoms with E-state index in [0.29, 0.717) is 43.0 Å². The molecule has 1 spiro atoms. The second kappa shape index (κ2) is 8.93. The van der Waals surface area contributed by atoms with Crippen LogP contribution in [0.2, 0.25) is 0 Å². The van der Waals surface area contributed by atoms with Crippen molar-refractivity contribution in [2.75, 3.05) is 32.5 Å². The molecule has 2 aliphatic carbocycles. The summed E-state index contributed by atoms with van der Waals surface area (Å²) in [6, 6.07) is 0.743. The van der Waals surface area contributed by atoms with Gasteiger partial charge in [0.1, 0.15) is 0 Å². The maximum atomic E-state index is 12.2. The molecule has 9 heteroatoms. The highest BCUT2D eigenvalue weighted by Gasteiger charge is 2.66. The Hall–Kier alpha value is -0.130. The Kier molecular flexibility index (Phi) is 7.19. The van der Waals surface area contributed by atoms with Crippen molar-refractivity contribution in [1.29, 1.82) is 0 Å². The molecule has 0 aromatic heterocycles. The molecule has 4 aliphatic rings. The van der Waals surface area contributed by atoms with Gasteiger partial charge < -0.3 is 15.4 Å². The normalized spacial score (nSPS) is 32.8. The number of nitrogens with one attached hydrogen (secondary N) is 2. The fraction of sp³-hybridized carbons (Fsp3) is 0.947. The van der Waals surface area contributed by atoms with E-state index in [1.807, 2.05) is 14.0 Å². The molecule has 0 bridgehead atoms. The first-order chi connectivity index (χ1) is 13.0. The Bertz CT molecular complexity index is 675. The average molecular weight is 526 g/mol. The highest BCUT2D eigenvalue weighted by atomic mass is 127. The van der Waals surface area contributed by atoms with Crippen LogP contribution in [0.4, 0.5) is 0 Å². The lowest BCUT2D eigenvalue weighted by Gasteiger charge is -2.63. The summed E-state index contributed by atoms with van der Waals surface area (Å²) < 4.78 is 32.1. The van der Waals surface area contributed by atoms with Crippen LogP contribution in [-0.4, -0.2) is 69.4 Å². The number of fused-ring (bicyclic) bond motifs is 2. The predicted octanol–water partition coefficient (Wildman–Crippen LogP) is 1.93. The molecule has 162 valence electrons. The number of sulfonamides is 1. The number of ether oxygens (including phenoxy) is 1. The molecule has 28 heavy (non-hydrogen) atoms. The molecule has 2 saturated carbocycles. The van der Waals surface area contributed by atoms with Crippen LogP contribution in [0, 0.1) is 11.3 Å². The van der Waals surface area contributed by atoms with E-state index in [1.54, 1.807) is 4.31 Å². The van der Waals surface area contributed by atoms with Crippen LogP contribution in [-0.2, 0) is 14.8 Å². The lowest BCUT2D eigenvalue weighted by Crippen LogP contribution is -2.72. The molecule has 2 heterocycles. The number of rotatable bonds is 5. The van der Waals surface area contributed by atoms with E-state index in [9.17, 15) is 8.42 Å². The van der Waals surface area contributed by atoms with Gasteiger partial charge in [-0.05, 0) is 38.5 Å². The molecule has 7 nitrogen and oxygen atoms in total. The van der Waals surface area contributed by atoms with Crippen LogP contribution in [0.5, 0.6) is 0 Å². The number of halogens is 1. The molecule has 0 radical (unpaired) electrons. The third-order valence-corrected chi connectivity index (χ3v) is 9.28. The van der Waals surface area contributed by atoms with Crippen molar-refractivity contribution in [3.63, 3.8) is 0 Å². The fourth-order valence-corrected chi connectivity index (χ4v) is 7.17. The Balaban J connectivity index is 0.00000225. The van der Waals surface area contributed by atoms with Gasteiger partial charge in [0.2, 0.25) is 10.0 Å². The lowest BCUT2D eigenvalue weighted by molar-refractivity contribution is -0.171. The van der Waals surface area contributed by atoms with Crippen LogP contribution in [0.25, 0.3) is 0 Å². The molecular weight excluding hydrogens is 491 g/mol. The van der Waals surface area contributed by atoms with E-state index in [-0.39, 0.29) is 35.8 Å². The third-order valence-electron chi connectivity index (χ3n) is 7.20. The standard InChI is InChI=1S/C19H34N4O3S.HI/c1-3-13-27(24,25)23-10-5-14(6-11-23)21-18(20-2)22-16-15-7-12-26-17(15)19(16)8-4-9-19;/h14-17H,3-13H2,1-2H3,(H2,20,21,22);1H. The number of aliphatic imine (C=N–C) groups is 1. The summed E-state index contributed by atoms with van der Waals surface area (Å²) in [6.07, 6.45) is 7.76. The predicted molar refractivity (Wildman–Crippen MR) is 122 cm³/mol. The van der Waals surface area contributed by atoms with Crippen LogP contribution in [0.3, 0.4) is 0 Å². The summed E-state index contributed by atoms with van der Waals surface area (Å²) >= 11 is 0. The van der Waals surface area contributed by atoms with Crippen LogP contribution in [0.1, 0.15) is 51.9 Å². The number of piperidine rings is 1. The Morgan fingerprint density at radius 3 is 2.50 bits per heavy atom. The zero-order valence-electron chi connectivity index (χ0n) is 17.0. The molecule has 2 N–H and O–H groups in total. The van der Waals surface area contributed by atoms with Crippen molar-refractivity contribution in [1.82, 2.24) is 14.9 Å². The van der Waals surface area contributed by atoms with Crippen molar-refractivity contribution in [2.45, 2.75) is 70.1 Å². The quantitative estimate of drug-likeness (QED) is 0.325. The van der Waals surface area contributed by atoms with E-state index in [0.717, 1.165) is 31.8 Å². The number of hydrogen-bond acceptors (Lipinski definition) is 4. The minimum Gasteiger partial charge on any atom is -0.377 e.